The van der Waals surface area contributed by atoms with Gasteiger partial charge in [0, 0.05) is 12.3 Å². The first-order chi connectivity index (χ1) is 10.7. The molecule has 2 aromatic rings. The summed E-state index contributed by atoms with van der Waals surface area (Å²) in [6.45, 7) is 5.20. The molecule has 1 atom stereocenters. The van der Waals surface area contributed by atoms with Gasteiger partial charge in [0.15, 0.2) is 0 Å². The Labute approximate surface area is 138 Å². The van der Waals surface area contributed by atoms with E-state index in [-0.39, 0.29) is 6.10 Å². The number of aliphatic hydroxyl groups excluding tert-OH is 1. The predicted molar refractivity (Wildman–Crippen MR) is 89.2 cm³/mol. The van der Waals surface area contributed by atoms with Crippen LogP contribution in [0.3, 0.4) is 0 Å². The van der Waals surface area contributed by atoms with Crippen molar-refractivity contribution in [3.8, 4) is 10.8 Å². The molecule has 1 aliphatic rings. The molecule has 0 aromatic carbocycles. The number of likely N-dealkylation sites (tertiary alicyclic amines) is 1. The van der Waals surface area contributed by atoms with E-state index < -0.39 is 0 Å². The molecule has 2 aromatic heterocycles. The lowest BCUT2D eigenvalue weighted by Gasteiger charge is -2.31. The van der Waals surface area contributed by atoms with Crippen molar-refractivity contribution in [2.24, 2.45) is 5.92 Å². The van der Waals surface area contributed by atoms with Gasteiger partial charge in [0.2, 0.25) is 0 Å². The van der Waals surface area contributed by atoms with Crippen LogP contribution in [0.15, 0.2) is 27.2 Å². The van der Waals surface area contributed by atoms with Crippen molar-refractivity contribution in [1.29, 1.82) is 0 Å². The Bertz CT molecular complexity index is 565. The van der Waals surface area contributed by atoms with Crippen molar-refractivity contribution in [3.63, 3.8) is 0 Å². The van der Waals surface area contributed by atoms with Crippen molar-refractivity contribution >= 4 is 23.1 Å². The van der Waals surface area contributed by atoms with E-state index in [0.717, 1.165) is 30.4 Å². The Hall–Kier alpha value is -0.890. The molecule has 5 nitrogen and oxygen atoms in total. The lowest BCUT2D eigenvalue weighted by Crippen LogP contribution is -2.39. The molecule has 1 N–H and O–H groups in total. The van der Waals surface area contributed by atoms with Crippen LogP contribution in [0.4, 0.5) is 0 Å². The van der Waals surface area contributed by atoms with Crippen LogP contribution in [0.25, 0.3) is 10.8 Å². The lowest BCUT2D eigenvalue weighted by molar-refractivity contribution is 0.105. The molecule has 1 saturated heterocycles. The first-order valence-corrected chi connectivity index (χ1v) is 9.48. The Morgan fingerprint density at radius 2 is 2.27 bits per heavy atom. The van der Waals surface area contributed by atoms with Crippen molar-refractivity contribution in [2.75, 3.05) is 25.4 Å². The minimum absolute atomic E-state index is 0.365. The van der Waals surface area contributed by atoms with Gasteiger partial charge in [-0.3, -0.25) is 0 Å². The third-order valence-corrected chi connectivity index (χ3v) is 5.70. The number of piperidine rings is 1. The molecule has 3 heterocycles. The van der Waals surface area contributed by atoms with Crippen molar-refractivity contribution in [3.05, 3.63) is 17.5 Å². The number of aromatic nitrogens is 2. The van der Waals surface area contributed by atoms with Gasteiger partial charge in [-0.25, -0.2) is 0 Å². The van der Waals surface area contributed by atoms with E-state index in [1.165, 1.54) is 24.6 Å². The Kier molecular flexibility index (Phi) is 5.51. The number of thiophene rings is 1. The van der Waals surface area contributed by atoms with Crippen LogP contribution in [-0.2, 0) is 0 Å². The summed E-state index contributed by atoms with van der Waals surface area (Å²) in [5, 5.41) is 20.7. The molecule has 0 bridgehead atoms. The average molecular weight is 339 g/mol. The first-order valence-electron chi connectivity index (χ1n) is 7.61. The highest BCUT2D eigenvalue weighted by atomic mass is 32.2. The van der Waals surface area contributed by atoms with E-state index in [9.17, 15) is 5.11 Å². The summed E-state index contributed by atoms with van der Waals surface area (Å²) in [7, 11) is 0. The molecule has 0 aliphatic carbocycles. The summed E-state index contributed by atoms with van der Waals surface area (Å²) < 4.78 is 5.61. The zero-order chi connectivity index (χ0) is 15.4. The molecule has 7 heteroatoms. The summed E-state index contributed by atoms with van der Waals surface area (Å²) in [6.07, 6.45) is 2.09. The minimum atomic E-state index is -0.365. The van der Waals surface area contributed by atoms with Crippen LogP contribution in [0.1, 0.15) is 19.8 Å². The second kappa shape index (κ2) is 7.59. The maximum Gasteiger partial charge on any atom is 0.276 e. The number of β-amino-alcohol motifs (C(OH)–C–C–N with tert-alkyl or cyclic N) is 1. The third kappa shape index (κ3) is 4.32. The zero-order valence-electron chi connectivity index (χ0n) is 12.6. The summed E-state index contributed by atoms with van der Waals surface area (Å²) in [6, 6.07) is 3.92. The highest BCUT2D eigenvalue weighted by Crippen LogP contribution is 2.27. The lowest BCUT2D eigenvalue weighted by atomic mass is 9.99. The molecule has 0 saturated carbocycles. The van der Waals surface area contributed by atoms with Crippen LogP contribution >= 0.6 is 23.1 Å². The molecular weight excluding hydrogens is 318 g/mol. The fraction of sp³-hybridized carbons (Fsp3) is 0.600. The number of rotatable bonds is 6. The summed E-state index contributed by atoms with van der Waals surface area (Å²) in [5.74, 6) is 1.95. The second-order valence-corrected chi connectivity index (χ2v) is 7.72. The number of nitrogens with zero attached hydrogens (tertiary/aromatic N) is 3. The van der Waals surface area contributed by atoms with Crippen molar-refractivity contribution < 1.29 is 9.52 Å². The Morgan fingerprint density at radius 3 is 3.00 bits per heavy atom. The minimum Gasteiger partial charge on any atom is -0.410 e. The molecule has 120 valence electrons. The molecule has 1 unspecified atom stereocenters. The fourth-order valence-electron chi connectivity index (χ4n) is 2.53. The van der Waals surface area contributed by atoms with Gasteiger partial charge in [0.1, 0.15) is 0 Å². The number of thioether (sulfide) groups is 1. The number of aliphatic hydroxyl groups is 1. The van der Waals surface area contributed by atoms with Crippen LogP contribution in [0.5, 0.6) is 0 Å². The van der Waals surface area contributed by atoms with Gasteiger partial charge >= 0.3 is 0 Å². The Morgan fingerprint density at radius 1 is 1.45 bits per heavy atom. The number of hydrogen-bond donors (Lipinski definition) is 1. The van der Waals surface area contributed by atoms with E-state index in [1.54, 1.807) is 11.3 Å². The van der Waals surface area contributed by atoms with Gasteiger partial charge in [-0.15, -0.1) is 21.5 Å². The van der Waals surface area contributed by atoms with Gasteiger partial charge in [-0.1, -0.05) is 24.8 Å². The maximum absolute atomic E-state index is 10.2. The largest absolute Gasteiger partial charge is 0.410 e. The predicted octanol–water partition coefficient (Wildman–Crippen LogP) is 2.98. The smallest absolute Gasteiger partial charge is 0.276 e. The van der Waals surface area contributed by atoms with E-state index in [4.69, 9.17) is 4.42 Å². The summed E-state index contributed by atoms with van der Waals surface area (Å²) >= 11 is 3.00. The summed E-state index contributed by atoms with van der Waals surface area (Å²) in [5.41, 5.74) is 0. The van der Waals surface area contributed by atoms with Crippen molar-refractivity contribution in [2.45, 2.75) is 31.1 Å². The molecule has 3 rings (SSSR count). The van der Waals surface area contributed by atoms with Gasteiger partial charge in [-0.2, -0.15) is 0 Å². The van der Waals surface area contributed by atoms with Gasteiger partial charge in [0.05, 0.1) is 11.0 Å². The highest BCUT2D eigenvalue weighted by molar-refractivity contribution is 7.99. The third-order valence-electron chi connectivity index (χ3n) is 3.88. The quantitative estimate of drug-likeness (QED) is 0.817. The van der Waals surface area contributed by atoms with E-state index in [1.807, 2.05) is 17.5 Å². The topological polar surface area (TPSA) is 62.4 Å². The standard InChI is InChI=1S/C15H21N3O2S2/c1-11-4-6-18(7-5-11)9-12(19)10-22-15-17-16-14(20-15)13-3-2-8-21-13/h2-3,8,11-12,19H,4-7,9-10H2,1H3. The molecule has 0 spiro atoms. The monoisotopic (exact) mass is 339 g/mol. The van der Waals surface area contributed by atoms with Crippen LogP contribution in [-0.4, -0.2) is 51.7 Å². The molecule has 0 amide bonds. The van der Waals surface area contributed by atoms with E-state index in [2.05, 4.69) is 22.0 Å². The highest BCUT2D eigenvalue weighted by Gasteiger charge is 2.19. The SMILES string of the molecule is CC1CCN(CC(O)CSc2nnc(-c3cccs3)o2)CC1. The van der Waals surface area contributed by atoms with Crippen LogP contribution < -0.4 is 0 Å². The molecule has 1 aliphatic heterocycles. The number of hydrogen-bond acceptors (Lipinski definition) is 7. The van der Waals surface area contributed by atoms with Crippen LogP contribution in [0.2, 0.25) is 0 Å². The van der Waals surface area contributed by atoms with Crippen molar-refractivity contribution in [1.82, 2.24) is 15.1 Å². The van der Waals surface area contributed by atoms with Crippen LogP contribution in [0, 0.1) is 5.92 Å². The van der Waals surface area contributed by atoms with E-state index in [0.29, 0.717) is 16.9 Å². The maximum atomic E-state index is 10.2. The molecular formula is C15H21N3O2S2. The Balaban J connectivity index is 1.44. The van der Waals surface area contributed by atoms with Gasteiger partial charge < -0.3 is 14.4 Å². The molecule has 1 fully saturated rings. The molecule has 0 radical (unpaired) electrons. The fourth-order valence-corrected chi connectivity index (χ4v) is 3.85. The van der Waals surface area contributed by atoms with Gasteiger partial charge in [0.25, 0.3) is 11.1 Å². The average Bonchev–Trinajstić information content (AvgIpc) is 3.18. The second-order valence-electron chi connectivity index (χ2n) is 5.80. The van der Waals surface area contributed by atoms with Gasteiger partial charge in [-0.05, 0) is 43.3 Å². The molecule has 22 heavy (non-hydrogen) atoms. The van der Waals surface area contributed by atoms with E-state index >= 15 is 0 Å². The summed E-state index contributed by atoms with van der Waals surface area (Å²) in [4.78, 5) is 3.32. The zero-order valence-corrected chi connectivity index (χ0v) is 14.3. The first kappa shape index (κ1) is 16.0. The normalized spacial score (nSPS) is 18.6.